The van der Waals surface area contributed by atoms with Crippen molar-refractivity contribution in [2.75, 3.05) is 13.1 Å². The molecule has 8 heteroatoms. The maximum Gasteiger partial charge on any atom is 0.323 e. The number of hydrogen-bond acceptors (Lipinski definition) is 4. The number of carboxylic acids is 1. The van der Waals surface area contributed by atoms with Crippen LogP contribution >= 0.6 is 24.0 Å². The van der Waals surface area contributed by atoms with Gasteiger partial charge in [0.2, 0.25) is 0 Å². The molecule has 1 aliphatic rings. The maximum atomic E-state index is 12.9. The highest BCUT2D eigenvalue weighted by atomic mass is 35.5. The predicted octanol–water partition coefficient (Wildman–Crippen LogP) is 3.52. The molecule has 2 aromatic rings. The molecule has 1 saturated carbocycles. The van der Waals surface area contributed by atoms with E-state index in [1.807, 2.05) is 24.3 Å². The Morgan fingerprint density at radius 1 is 1.24 bits per heavy atom. The summed E-state index contributed by atoms with van der Waals surface area (Å²) in [4.78, 5) is 29.7. The molecule has 1 fully saturated rings. The number of halogens is 2. The molecule has 0 atom stereocenters. The first kappa shape index (κ1) is 23.1. The number of nitrogens with zero attached hydrogens (tertiary/aromatic N) is 2. The number of carbonyl (C=O) groups is 2. The lowest BCUT2D eigenvalue weighted by Crippen LogP contribution is -2.49. The van der Waals surface area contributed by atoms with Crippen LogP contribution in [0.3, 0.4) is 0 Å². The normalized spacial score (nSPS) is 21.1. The van der Waals surface area contributed by atoms with Crippen LogP contribution in [0.4, 0.5) is 0 Å². The Labute approximate surface area is 181 Å². The van der Waals surface area contributed by atoms with Crippen molar-refractivity contribution >= 4 is 35.9 Å². The van der Waals surface area contributed by atoms with Gasteiger partial charge >= 0.3 is 5.97 Å². The Morgan fingerprint density at radius 2 is 1.97 bits per heavy atom. The van der Waals surface area contributed by atoms with Crippen molar-refractivity contribution < 1.29 is 14.7 Å². The molecule has 1 aromatic carbocycles. The molecule has 1 heterocycles. The fraction of sp³-hybridized carbons (Fsp3) is 0.381. The summed E-state index contributed by atoms with van der Waals surface area (Å²) in [5.74, 6) is -1.33. The Hall–Kier alpha value is -2.15. The summed E-state index contributed by atoms with van der Waals surface area (Å²) in [6.07, 6.45) is 5.96. The summed E-state index contributed by atoms with van der Waals surface area (Å²) in [5.41, 5.74) is 7.45. The summed E-state index contributed by atoms with van der Waals surface area (Å²) < 4.78 is 0. The molecule has 0 bridgehead atoms. The van der Waals surface area contributed by atoms with Crippen molar-refractivity contribution in [3.63, 3.8) is 0 Å². The van der Waals surface area contributed by atoms with Crippen LogP contribution < -0.4 is 5.73 Å². The van der Waals surface area contributed by atoms with Gasteiger partial charge in [0.15, 0.2) is 0 Å². The lowest BCUT2D eigenvalue weighted by atomic mass is 9.68. The van der Waals surface area contributed by atoms with Gasteiger partial charge in [-0.15, -0.1) is 12.4 Å². The molecule has 29 heavy (non-hydrogen) atoms. The minimum absolute atomic E-state index is 0. The van der Waals surface area contributed by atoms with E-state index in [1.165, 1.54) is 11.1 Å². The Kier molecular flexibility index (Phi) is 8.02. The molecule has 0 saturated heterocycles. The summed E-state index contributed by atoms with van der Waals surface area (Å²) in [7, 11) is 0. The SMILES string of the molecule is Cl.NC[C@]1(c2cccc(Cl)c2)CC[C@H](N(CC(=O)O)C(=O)c2cccnc2)CC1. The maximum absolute atomic E-state index is 12.9. The van der Waals surface area contributed by atoms with Crippen molar-refractivity contribution in [3.05, 3.63) is 64.9 Å². The average molecular weight is 438 g/mol. The highest BCUT2D eigenvalue weighted by Crippen LogP contribution is 2.41. The number of nitrogens with two attached hydrogens (primary N) is 1. The van der Waals surface area contributed by atoms with E-state index in [2.05, 4.69) is 4.98 Å². The van der Waals surface area contributed by atoms with Gasteiger partial charge in [-0.3, -0.25) is 14.6 Å². The zero-order valence-corrected chi connectivity index (χ0v) is 17.5. The van der Waals surface area contributed by atoms with Crippen LogP contribution in [0.25, 0.3) is 0 Å². The Bertz CT molecular complexity index is 840. The number of carbonyl (C=O) groups excluding carboxylic acids is 1. The lowest BCUT2D eigenvalue weighted by Gasteiger charge is -2.43. The van der Waals surface area contributed by atoms with Crippen LogP contribution in [0.1, 0.15) is 41.6 Å². The third kappa shape index (κ3) is 5.26. The molecule has 1 aromatic heterocycles. The first-order valence-electron chi connectivity index (χ1n) is 9.34. The van der Waals surface area contributed by atoms with Crippen LogP contribution in [0, 0.1) is 0 Å². The van der Waals surface area contributed by atoms with Crippen LogP contribution in [0.15, 0.2) is 48.8 Å². The van der Waals surface area contributed by atoms with E-state index in [0.29, 0.717) is 30.0 Å². The van der Waals surface area contributed by atoms with E-state index < -0.39 is 5.97 Å². The number of aliphatic carboxylic acids is 1. The van der Waals surface area contributed by atoms with E-state index in [-0.39, 0.29) is 36.3 Å². The number of aromatic nitrogens is 1. The summed E-state index contributed by atoms with van der Waals surface area (Å²) >= 11 is 6.16. The Morgan fingerprint density at radius 3 is 2.52 bits per heavy atom. The van der Waals surface area contributed by atoms with Gasteiger partial charge in [0, 0.05) is 35.4 Å². The quantitative estimate of drug-likeness (QED) is 0.720. The molecule has 1 amide bonds. The van der Waals surface area contributed by atoms with Crippen LogP contribution in [0.2, 0.25) is 5.02 Å². The van der Waals surface area contributed by atoms with E-state index in [0.717, 1.165) is 18.4 Å². The van der Waals surface area contributed by atoms with Gasteiger partial charge in [-0.05, 0) is 55.5 Å². The molecule has 0 aliphatic heterocycles. The molecule has 0 radical (unpaired) electrons. The van der Waals surface area contributed by atoms with Crippen molar-refractivity contribution in [1.29, 1.82) is 0 Å². The van der Waals surface area contributed by atoms with Gasteiger partial charge in [0.05, 0.1) is 5.56 Å². The van der Waals surface area contributed by atoms with E-state index >= 15 is 0 Å². The van der Waals surface area contributed by atoms with Crippen molar-refractivity contribution in [3.8, 4) is 0 Å². The topological polar surface area (TPSA) is 96.5 Å². The zero-order chi connectivity index (χ0) is 20.1. The van der Waals surface area contributed by atoms with E-state index in [9.17, 15) is 14.7 Å². The van der Waals surface area contributed by atoms with Gasteiger partial charge in [0.1, 0.15) is 6.54 Å². The molecular formula is C21H25Cl2N3O3. The third-order valence-corrected chi connectivity index (χ3v) is 5.89. The fourth-order valence-electron chi connectivity index (χ4n) is 4.06. The predicted molar refractivity (Wildman–Crippen MR) is 115 cm³/mol. The van der Waals surface area contributed by atoms with Gasteiger partial charge in [-0.2, -0.15) is 0 Å². The molecule has 156 valence electrons. The van der Waals surface area contributed by atoms with Crippen molar-refractivity contribution in [2.45, 2.75) is 37.1 Å². The van der Waals surface area contributed by atoms with Gasteiger partial charge in [-0.1, -0.05) is 23.7 Å². The van der Waals surface area contributed by atoms with E-state index in [1.54, 1.807) is 18.3 Å². The highest BCUT2D eigenvalue weighted by Gasteiger charge is 2.39. The molecule has 3 rings (SSSR count). The third-order valence-electron chi connectivity index (χ3n) is 5.66. The van der Waals surface area contributed by atoms with Gasteiger partial charge < -0.3 is 15.7 Å². The Balaban J connectivity index is 0.00000300. The van der Waals surface area contributed by atoms with Crippen LogP contribution in [0.5, 0.6) is 0 Å². The number of amides is 1. The standard InChI is InChI=1S/C21H24ClN3O3.ClH/c22-17-5-1-4-16(11-17)21(14-23)8-6-18(7-9-21)25(13-19(26)27)20(28)15-3-2-10-24-12-15;/h1-5,10-12,18H,6-9,13-14,23H2,(H,26,27);1H/t18-,21-;. The number of rotatable bonds is 6. The molecule has 1 aliphatic carbocycles. The second-order valence-corrected chi connectivity index (χ2v) is 7.73. The highest BCUT2D eigenvalue weighted by molar-refractivity contribution is 6.30. The minimum Gasteiger partial charge on any atom is -0.480 e. The smallest absolute Gasteiger partial charge is 0.323 e. The number of pyridine rings is 1. The first-order chi connectivity index (χ1) is 13.4. The molecule has 3 N–H and O–H groups in total. The largest absolute Gasteiger partial charge is 0.480 e. The average Bonchev–Trinajstić information content (AvgIpc) is 2.72. The molecule has 6 nitrogen and oxygen atoms in total. The summed E-state index contributed by atoms with van der Waals surface area (Å²) in [6.45, 7) is 0.154. The second kappa shape index (κ2) is 10.1. The number of carboxylic acid groups (broad SMARTS) is 1. The molecular weight excluding hydrogens is 413 g/mol. The van der Waals surface area contributed by atoms with Gasteiger partial charge in [-0.25, -0.2) is 0 Å². The monoisotopic (exact) mass is 437 g/mol. The zero-order valence-electron chi connectivity index (χ0n) is 16.0. The fourth-order valence-corrected chi connectivity index (χ4v) is 4.25. The van der Waals surface area contributed by atoms with Crippen molar-refractivity contribution in [1.82, 2.24) is 9.88 Å². The lowest BCUT2D eigenvalue weighted by molar-refractivity contribution is -0.138. The summed E-state index contributed by atoms with van der Waals surface area (Å²) in [6, 6.07) is 10.9. The van der Waals surface area contributed by atoms with Gasteiger partial charge in [0.25, 0.3) is 5.91 Å². The minimum atomic E-state index is -1.03. The number of benzene rings is 1. The first-order valence-corrected chi connectivity index (χ1v) is 9.72. The van der Waals surface area contributed by atoms with E-state index in [4.69, 9.17) is 17.3 Å². The second-order valence-electron chi connectivity index (χ2n) is 7.29. The van der Waals surface area contributed by atoms with Crippen LogP contribution in [-0.4, -0.2) is 46.0 Å². The van der Waals surface area contributed by atoms with Crippen LogP contribution in [-0.2, 0) is 10.2 Å². The number of hydrogen-bond donors (Lipinski definition) is 2. The van der Waals surface area contributed by atoms with Crippen molar-refractivity contribution in [2.24, 2.45) is 5.73 Å². The summed E-state index contributed by atoms with van der Waals surface area (Å²) in [5, 5.41) is 10.00. The molecule has 0 unspecified atom stereocenters. The molecule has 0 spiro atoms.